The van der Waals surface area contributed by atoms with Crippen LogP contribution in [0.15, 0.2) is 55.2 Å². The molecule has 0 amide bonds. The van der Waals surface area contributed by atoms with Crippen LogP contribution in [0, 0.1) is 0 Å². The lowest BCUT2D eigenvalue weighted by Gasteiger charge is -2.13. The van der Waals surface area contributed by atoms with Gasteiger partial charge in [-0.1, -0.05) is 6.07 Å². The number of ether oxygens (including phenoxy) is 1. The van der Waals surface area contributed by atoms with Crippen LogP contribution in [0.4, 0.5) is 5.82 Å². The lowest BCUT2D eigenvalue weighted by molar-refractivity contribution is 0.414. The molecule has 0 fully saturated rings. The highest BCUT2D eigenvalue weighted by Crippen LogP contribution is 2.23. The van der Waals surface area contributed by atoms with E-state index in [2.05, 4.69) is 32.3 Å². The second-order valence-corrected chi connectivity index (χ2v) is 5.75. The Hall–Kier alpha value is -3.35. The first kappa shape index (κ1) is 15.2. The molecular formula is C18H18N6O. The summed E-state index contributed by atoms with van der Waals surface area (Å²) in [5.41, 5.74) is 3.79. The van der Waals surface area contributed by atoms with Crippen LogP contribution in [0.2, 0.25) is 0 Å². The zero-order chi connectivity index (χ0) is 17.2. The lowest BCUT2D eigenvalue weighted by atomic mass is 10.2. The van der Waals surface area contributed by atoms with Gasteiger partial charge in [0.15, 0.2) is 5.82 Å². The first-order chi connectivity index (χ1) is 12.2. The topological polar surface area (TPSA) is 80.6 Å². The van der Waals surface area contributed by atoms with E-state index in [1.54, 1.807) is 13.4 Å². The molecule has 7 heteroatoms. The van der Waals surface area contributed by atoms with Gasteiger partial charge in [0.1, 0.15) is 17.6 Å². The van der Waals surface area contributed by atoms with E-state index >= 15 is 0 Å². The van der Waals surface area contributed by atoms with Crippen molar-refractivity contribution in [2.45, 2.75) is 13.0 Å². The normalized spacial score (nSPS) is 12.2. The smallest absolute Gasteiger partial charge is 0.154 e. The van der Waals surface area contributed by atoms with Crippen molar-refractivity contribution in [3.8, 4) is 11.4 Å². The third-order valence-corrected chi connectivity index (χ3v) is 4.12. The molecule has 0 bridgehead atoms. The van der Waals surface area contributed by atoms with Crippen LogP contribution in [-0.2, 0) is 0 Å². The van der Waals surface area contributed by atoms with Crippen LogP contribution in [0.5, 0.6) is 5.75 Å². The molecule has 3 heterocycles. The molecule has 4 rings (SSSR count). The van der Waals surface area contributed by atoms with Gasteiger partial charge in [-0.15, -0.1) is 0 Å². The first-order valence-electron chi connectivity index (χ1n) is 7.98. The van der Waals surface area contributed by atoms with Gasteiger partial charge in [-0.25, -0.2) is 14.6 Å². The molecule has 4 aromatic rings. The number of rotatable bonds is 5. The SMILES string of the molecule is COc1cccc(-n2cc([C@H](C)Nc3ncnc4cc[nH]c34)cn2)c1. The van der Waals surface area contributed by atoms with E-state index in [1.807, 2.05) is 53.6 Å². The number of hydrogen-bond acceptors (Lipinski definition) is 5. The Morgan fingerprint density at radius 2 is 2.16 bits per heavy atom. The summed E-state index contributed by atoms with van der Waals surface area (Å²) in [4.78, 5) is 11.7. The lowest BCUT2D eigenvalue weighted by Crippen LogP contribution is -2.08. The number of aromatic amines is 1. The van der Waals surface area contributed by atoms with Crippen molar-refractivity contribution in [2.75, 3.05) is 12.4 Å². The fourth-order valence-electron chi connectivity index (χ4n) is 2.72. The maximum Gasteiger partial charge on any atom is 0.154 e. The number of fused-ring (bicyclic) bond motifs is 1. The second-order valence-electron chi connectivity index (χ2n) is 5.75. The maximum atomic E-state index is 5.27. The zero-order valence-electron chi connectivity index (χ0n) is 14.0. The number of aromatic nitrogens is 5. The average molecular weight is 334 g/mol. The average Bonchev–Trinajstić information content (AvgIpc) is 3.31. The molecule has 0 saturated heterocycles. The summed E-state index contributed by atoms with van der Waals surface area (Å²) in [5.74, 6) is 1.58. The highest BCUT2D eigenvalue weighted by atomic mass is 16.5. The summed E-state index contributed by atoms with van der Waals surface area (Å²) in [7, 11) is 1.66. The van der Waals surface area contributed by atoms with Gasteiger partial charge in [0.05, 0.1) is 30.6 Å². The Morgan fingerprint density at radius 1 is 1.24 bits per heavy atom. The summed E-state index contributed by atoms with van der Waals surface area (Å²) >= 11 is 0. The second kappa shape index (κ2) is 6.27. The van der Waals surface area contributed by atoms with E-state index in [-0.39, 0.29) is 6.04 Å². The number of benzene rings is 1. The number of methoxy groups -OCH3 is 1. The summed E-state index contributed by atoms with van der Waals surface area (Å²) in [5, 5.41) is 7.87. The first-order valence-corrected chi connectivity index (χ1v) is 7.98. The zero-order valence-corrected chi connectivity index (χ0v) is 14.0. The summed E-state index contributed by atoms with van der Waals surface area (Å²) in [6.45, 7) is 2.07. The monoisotopic (exact) mass is 334 g/mol. The van der Waals surface area contributed by atoms with Gasteiger partial charge in [0.25, 0.3) is 0 Å². The van der Waals surface area contributed by atoms with E-state index in [4.69, 9.17) is 4.74 Å². The van der Waals surface area contributed by atoms with E-state index in [0.29, 0.717) is 0 Å². The Bertz CT molecular complexity index is 1010. The molecule has 1 atom stereocenters. The molecule has 126 valence electrons. The molecule has 0 aliphatic carbocycles. The van der Waals surface area contributed by atoms with Crippen LogP contribution in [0.25, 0.3) is 16.7 Å². The fraction of sp³-hybridized carbons (Fsp3) is 0.167. The van der Waals surface area contributed by atoms with E-state index in [1.165, 1.54) is 0 Å². The molecule has 0 aliphatic heterocycles. The number of hydrogen-bond donors (Lipinski definition) is 2. The molecule has 7 nitrogen and oxygen atoms in total. The molecule has 25 heavy (non-hydrogen) atoms. The van der Waals surface area contributed by atoms with Gasteiger partial charge in [0, 0.05) is 24.0 Å². The van der Waals surface area contributed by atoms with Gasteiger partial charge in [-0.05, 0) is 25.1 Å². The largest absolute Gasteiger partial charge is 0.497 e. The molecule has 1 aromatic carbocycles. The van der Waals surface area contributed by atoms with Crippen LogP contribution in [0.1, 0.15) is 18.5 Å². The van der Waals surface area contributed by atoms with Crippen molar-refractivity contribution in [2.24, 2.45) is 0 Å². The van der Waals surface area contributed by atoms with Crippen molar-refractivity contribution in [3.63, 3.8) is 0 Å². The van der Waals surface area contributed by atoms with Gasteiger partial charge in [-0.3, -0.25) is 0 Å². The number of nitrogens with one attached hydrogen (secondary N) is 2. The van der Waals surface area contributed by atoms with E-state index < -0.39 is 0 Å². The molecule has 0 radical (unpaired) electrons. The van der Waals surface area contributed by atoms with Crippen molar-refractivity contribution in [3.05, 3.63) is 60.8 Å². The number of H-pyrrole nitrogens is 1. The van der Waals surface area contributed by atoms with E-state index in [0.717, 1.165) is 33.9 Å². The minimum atomic E-state index is 0.0424. The number of anilines is 1. The summed E-state index contributed by atoms with van der Waals surface area (Å²) in [6.07, 6.45) is 7.27. The van der Waals surface area contributed by atoms with Gasteiger partial charge in [-0.2, -0.15) is 5.10 Å². The molecular weight excluding hydrogens is 316 g/mol. The molecule has 0 spiro atoms. The predicted octanol–water partition coefficient (Wildman–Crippen LogP) is 3.33. The Kier molecular flexibility index (Phi) is 3.81. The van der Waals surface area contributed by atoms with Gasteiger partial charge >= 0.3 is 0 Å². The summed E-state index contributed by atoms with van der Waals surface area (Å²) in [6, 6.07) is 9.76. The van der Waals surface area contributed by atoms with E-state index in [9.17, 15) is 0 Å². The van der Waals surface area contributed by atoms with Crippen molar-refractivity contribution in [1.82, 2.24) is 24.7 Å². The summed E-state index contributed by atoms with van der Waals surface area (Å²) < 4.78 is 7.11. The van der Waals surface area contributed by atoms with Crippen LogP contribution in [0.3, 0.4) is 0 Å². The van der Waals surface area contributed by atoms with Gasteiger partial charge < -0.3 is 15.0 Å². The standard InChI is InChI=1S/C18H18N6O/c1-12(23-18-17-16(6-7-19-17)20-11-21-18)13-9-22-24(10-13)14-4-3-5-15(8-14)25-2/h3-12,19H,1-2H3,(H,20,21,23)/t12-/m0/s1. The van der Waals surface area contributed by atoms with Crippen molar-refractivity contribution < 1.29 is 4.74 Å². The molecule has 0 unspecified atom stereocenters. The molecule has 0 saturated carbocycles. The highest BCUT2D eigenvalue weighted by Gasteiger charge is 2.12. The third-order valence-electron chi connectivity index (χ3n) is 4.12. The minimum absolute atomic E-state index is 0.0424. The Balaban J connectivity index is 1.58. The Morgan fingerprint density at radius 3 is 3.04 bits per heavy atom. The molecule has 2 N–H and O–H groups in total. The minimum Gasteiger partial charge on any atom is -0.497 e. The molecule has 3 aromatic heterocycles. The van der Waals surface area contributed by atoms with Gasteiger partial charge in [0.2, 0.25) is 0 Å². The van der Waals surface area contributed by atoms with Crippen LogP contribution >= 0.6 is 0 Å². The number of nitrogens with zero attached hydrogens (tertiary/aromatic N) is 4. The van der Waals surface area contributed by atoms with Crippen molar-refractivity contribution in [1.29, 1.82) is 0 Å². The van der Waals surface area contributed by atoms with Crippen LogP contribution in [-0.4, -0.2) is 31.8 Å². The Labute approximate surface area is 144 Å². The molecule has 0 aliphatic rings. The van der Waals surface area contributed by atoms with Crippen LogP contribution < -0.4 is 10.1 Å². The highest BCUT2D eigenvalue weighted by molar-refractivity contribution is 5.85. The maximum absolute atomic E-state index is 5.27. The van der Waals surface area contributed by atoms with Crippen molar-refractivity contribution >= 4 is 16.9 Å². The predicted molar refractivity (Wildman–Crippen MR) is 96.0 cm³/mol. The third kappa shape index (κ3) is 2.91. The quantitative estimate of drug-likeness (QED) is 0.585. The fourth-order valence-corrected chi connectivity index (χ4v) is 2.72.